The molecule has 0 fully saturated rings. The predicted octanol–water partition coefficient (Wildman–Crippen LogP) is -0.295. The molecule has 2 rings (SSSR count). The van der Waals surface area contributed by atoms with Crippen molar-refractivity contribution in [2.75, 3.05) is 14.2 Å². The fraction of sp³-hybridized carbons (Fsp3) is 0.250. The molecule has 8 nitrogen and oxygen atoms in total. The number of Topliss-reactive ketones (excluding diaryl/α,β-unsaturated/α-hetero) is 2. The number of aliphatic hydroxyl groups is 1. The molecule has 0 saturated carbocycles. The minimum Gasteiger partial charge on any atom is -0.497 e. The monoisotopic (exact) mass is 280 g/mol. The molecule has 0 spiro atoms. The third-order valence-electron chi connectivity index (χ3n) is 3.07. The summed E-state index contributed by atoms with van der Waals surface area (Å²) in [6.07, 6.45) is -1.21. The van der Waals surface area contributed by atoms with Gasteiger partial charge in [0.15, 0.2) is 0 Å². The number of hydrazine groups is 1. The molecule has 0 aliphatic heterocycles. The van der Waals surface area contributed by atoms with Crippen LogP contribution in [0.5, 0.6) is 5.75 Å². The van der Waals surface area contributed by atoms with Gasteiger partial charge in [0.05, 0.1) is 14.2 Å². The van der Waals surface area contributed by atoms with E-state index in [4.69, 9.17) is 10.6 Å². The van der Waals surface area contributed by atoms with Crippen LogP contribution < -0.4 is 10.6 Å². The van der Waals surface area contributed by atoms with Crippen molar-refractivity contribution in [2.24, 2.45) is 5.84 Å². The summed E-state index contributed by atoms with van der Waals surface area (Å²) in [4.78, 5) is 35.7. The second kappa shape index (κ2) is 4.58. The average molecular weight is 280 g/mol. The van der Waals surface area contributed by atoms with Crippen LogP contribution in [0, 0.1) is 0 Å². The van der Waals surface area contributed by atoms with E-state index >= 15 is 0 Å². The number of rotatable bonds is 2. The van der Waals surface area contributed by atoms with Crippen LogP contribution in [-0.2, 0) is 4.74 Å². The van der Waals surface area contributed by atoms with Crippen LogP contribution in [0.3, 0.4) is 0 Å². The summed E-state index contributed by atoms with van der Waals surface area (Å²) < 4.78 is 9.24. The van der Waals surface area contributed by atoms with Crippen molar-refractivity contribution in [3.05, 3.63) is 29.3 Å². The highest BCUT2D eigenvalue weighted by atomic mass is 16.6. The van der Waals surface area contributed by atoms with Gasteiger partial charge in [0.2, 0.25) is 11.6 Å². The van der Waals surface area contributed by atoms with Gasteiger partial charge in [-0.2, -0.15) is 5.01 Å². The maximum atomic E-state index is 12.2. The van der Waals surface area contributed by atoms with Crippen molar-refractivity contribution in [3.8, 4) is 5.75 Å². The zero-order valence-electron chi connectivity index (χ0n) is 10.7. The molecule has 0 aromatic heterocycles. The van der Waals surface area contributed by atoms with Gasteiger partial charge in [-0.1, -0.05) is 0 Å². The number of fused-ring (bicyclic) bond motifs is 1. The van der Waals surface area contributed by atoms with Gasteiger partial charge in [0.1, 0.15) is 5.75 Å². The SMILES string of the molecule is COC(=O)N(N)C1(O)C(=O)c2ccc(OC)cc2C1=O. The van der Waals surface area contributed by atoms with E-state index in [0.717, 1.165) is 7.11 Å². The molecule has 0 saturated heterocycles. The molecule has 0 bridgehead atoms. The number of carbonyl (C=O) groups excluding carboxylic acids is 3. The largest absolute Gasteiger partial charge is 0.497 e. The van der Waals surface area contributed by atoms with Gasteiger partial charge in [-0.25, -0.2) is 10.6 Å². The van der Waals surface area contributed by atoms with Gasteiger partial charge in [0.25, 0.3) is 5.72 Å². The van der Waals surface area contributed by atoms with E-state index in [-0.39, 0.29) is 16.1 Å². The summed E-state index contributed by atoms with van der Waals surface area (Å²) in [6, 6.07) is 4.06. The predicted molar refractivity (Wildman–Crippen MR) is 65.0 cm³/mol. The Labute approximate surface area is 113 Å². The normalized spacial score (nSPS) is 20.6. The second-order valence-corrected chi connectivity index (χ2v) is 4.08. The molecule has 1 amide bonds. The molecule has 1 aliphatic carbocycles. The number of ketones is 2. The molecule has 106 valence electrons. The third-order valence-corrected chi connectivity index (χ3v) is 3.07. The fourth-order valence-electron chi connectivity index (χ4n) is 1.96. The molecular weight excluding hydrogens is 268 g/mol. The van der Waals surface area contributed by atoms with E-state index < -0.39 is 23.4 Å². The molecule has 1 aromatic rings. The average Bonchev–Trinajstić information content (AvgIpc) is 2.67. The van der Waals surface area contributed by atoms with E-state index in [9.17, 15) is 19.5 Å². The topological polar surface area (TPSA) is 119 Å². The lowest BCUT2D eigenvalue weighted by atomic mass is 10.1. The quantitative estimate of drug-likeness (QED) is 0.251. The Morgan fingerprint density at radius 2 is 1.85 bits per heavy atom. The Morgan fingerprint density at radius 1 is 1.25 bits per heavy atom. The summed E-state index contributed by atoms with van der Waals surface area (Å²) in [5, 5.41) is 10.3. The summed E-state index contributed by atoms with van der Waals surface area (Å²) >= 11 is 0. The van der Waals surface area contributed by atoms with Gasteiger partial charge in [-0.05, 0) is 18.2 Å². The maximum Gasteiger partial charge on any atom is 0.427 e. The molecule has 1 aromatic carbocycles. The van der Waals surface area contributed by atoms with Crippen LogP contribution in [0.4, 0.5) is 4.79 Å². The molecule has 1 unspecified atom stereocenters. The zero-order chi connectivity index (χ0) is 15.1. The Balaban J connectivity index is 2.53. The smallest absolute Gasteiger partial charge is 0.427 e. The van der Waals surface area contributed by atoms with Crippen LogP contribution in [0.15, 0.2) is 18.2 Å². The molecule has 0 radical (unpaired) electrons. The molecule has 1 aliphatic rings. The van der Waals surface area contributed by atoms with Crippen LogP contribution in [0.2, 0.25) is 0 Å². The minimum absolute atomic E-state index is 0.0438. The summed E-state index contributed by atoms with van der Waals surface area (Å²) in [7, 11) is 2.39. The van der Waals surface area contributed by atoms with Crippen LogP contribution in [0.25, 0.3) is 0 Å². The lowest BCUT2D eigenvalue weighted by Gasteiger charge is -2.28. The number of nitrogens with zero attached hydrogens (tertiary/aromatic N) is 1. The Bertz CT molecular complexity index is 614. The first-order chi connectivity index (χ1) is 9.37. The molecule has 3 N–H and O–H groups in total. The van der Waals surface area contributed by atoms with Crippen molar-refractivity contribution in [1.29, 1.82) is 0 Å². The lowest BCUT2D eigenvalue weighted by molar-refractivity contribution is -0.0434. The molecule has 20 heavy (non-hydrogen) atoms. The first kappa shape index (κ1) is 14.0. The third kappa shape index (κ3) is 1.66. The zero-order valence-corrected chi connectivity index (χ0v) is 10.7. The Hall–Kier alpha value is -2.45. The number of carbonyl (C=O) groups is 3. The lowest BCUT2D eigenvalue weighted by Crippen LogP contribution is -2.62. The van der Waals surface area contributed by atoms with Gasteiger partial charge in [0, 0.05) is 11.1 Å². The van der Waals surface area contributed by atoms with E-state index in [1.807, 2.05) is 0 Å². The Kier molecular flexibility index (Phi) is 3.20. The van der Waals surface area contributed by atoms with Gasteiger partial charge in [-0.3, -0.25) is 9.59 Å². The van der Waals surface area contributed by atoms with E-state index in [2.05, 4.69) is 4.74 Å². The highest BCUT2D eigenvalue weighted by Gasteiger charge is 2.58. The summed E-state index contributed by atoms with van der Waals surface area (Å²) in [5.41, 5.74) is -2.92. The van der Waals surface area contributed by atoms with Crippen molar-refractivity contribution >= 4 is 17.7 Å². The van der Waals surface area contributed by atoms with Gasteiger partial charge >= 0.3 is 6.09 Å². The highest BCUT2D eigenvalue weighted by molar-refractivity contribution is 6.32. The van der Waals surface area contributed by atoms with Crippen LogP contribution >= 0.6 is 0 Å². The number of hydrogen-bond acceptors (Lipinski definition) is 7. The van der Waals surface area contributed by atoms with Gasteiger partial charge in [-0.15, -0.1) is 0 Å². The second-order valence-electron chi connectivity index (χ2n) is 4.08. The van der Waals surface area contributed by atoms with Crippen molar-refractivity contribution in [2.45, 2.75) is 5.72 Å². The summed E-state index contributed by atoms with van der Waals surface area (Å²) in [5.74, 6) is 3.66. The molecule has 0 heterocycles. The fourth-order valence-corrected chi connectivity index (χ4v) is 1.96. The van der Waals surface area contributed by atoms with E-state index in [1.165, 1.54) is 25.3 Å². The van der Waals surface area contributed by atoms with Crippen LogP contribution in [0.1, 0.15) is 20.7 Å². The first-order valence-corrected chi connectivity index (χ1v) is 5.50. The minimum atomic E-state index is -2.80. The Morgan fingerprint density at radius 3 is 2.40 bits per heavy atom. The number of ether oxygens (including phenoxy) is 2. The molecule has 8 heteroatoms. The van der Waals surface area contributed by atoms with Crippen molar-refractivity contribution in [3.63, 3.8) is 0 Å². The van der Waals surface area contributed by atoms with Crippen LogP contribution in [-0.4, -0.2) is 47.7 Å². The number of nitrogens with two attached hydrogens (primary N) is 1. The summed E-state index contributed by atoms with van der Waals surface area (Å²) in [6.45, 7) is 0. The number of hydrogen-bond donors (Lipinski definition) is 2. The standard InChI is InChI=1S/C12H12N2O6/c1-19-6-3-4-7-8(5-6)10(16)12(18,9(7)15)14(13)11(17)20-2/h3-5,18H,13H2,1-2H3. The molecular formula is C12H12N2O6. The first-order valence-electron chi connectivity index (χ1n) is 5.50. The van der Waals surface area contributed by atoms with E-state index in [0.29, 0.717) is 5.75 Å². The number of methoxy groups -OCH3 is 2. The van der Waals surface area contributed by atoms with Crippen molar-refractivity contribution in [1.82, 2.24) is 5.01 Å². The number of benzene rings is 1. The number of amides is 1. The highest BCUT2D eigenvalue weighted by Crippen LogP contribution is 2.33. The van der Waals surface area contributed by atoms with Gasteiger partial charge < -0.3 is 14.6 Å². The van der Waals surface area contributed by atoms with E-state index in [1.54, 1.807) is 0 Å². The maximum absolute atomic E-state index is 12.2. The van der Waals surface area contributed by atoms with Crippen molar-refractivity contribution < 1.29 is 29.0 Å². The molecule has 1 atom stereocenters.